The number of aryl methyl sites for hydroxylation is 1. The summed E-state index contributed by atoms with van der Waals surface area (Å²) in [5.41, 5.74) is 4.79. The minimum Gasteiger partial charge on any atom is -0.302 e. The third-order valence-electron chi connectivity index (χ3n) is 7.11. The molecule has 0 radical (unpaired) electrons. The molecule has 1 aliphatic rings. The van der Waals surface area contributed by atoms with E-state index in [1.165, 1.54) is 17.7 Å². The Kier molecular flexibility index (Phi) is 6.64. The lowest BCUT2D eigenvalue weighted by Crippen LogP contribution is -2.39. The summed E-state index contributed by atoms with van der Waals surface area (Å²) in [6, 6.07) is 22.1. The molecule has 3 aromatic carbocycles. The fourth-order valence-corrected chi connectivity index (χ4v) is 5.03. The molecule has 4 aromatic rings. The molecule has 0 atom stereocenters. The van der Waals surface area contributed by atoms with E-state index in [-0.39, 0.29) is 23.2 Å². The number of piperidine rings is 1. The first-order valence-electron chi connectivity index (χ1n) is 12.3. The molecule has 1 aliphatic heterocycles. The van der Waals surface area contributed by atoms with Gasteiger partial charge in [-0.15, -0.1) is 0 Å². The van der Waals surface area contributed by atoms with Gasteiger partial charge in [0.1, 0.15) is 5.82 Å². The summed E-state index contributed by atoms with van der Waals surface area (Å²) in [7, 11) is 0. The minimum atomic E-state index is -0.327. The van der Waals surface area contributed by atoms with Crippen molar-refractivity contribution in [3.63, 3.8) is 0 Å². The highest BCUT2D eigenvalue weighted by molar-refractivity contribution is 5.97. The van der Waals surface area contributed by atoms with Crippen molar-refractivity contribution < 1.29 is 9.18 Å². The number of hydrogen-bond acceptors (Lipinski definition) is 3. The number of rotatable bonds is 7. The number of hydrogen-bond donors (Lipinski definition) is 0. The number of nitrogens with zero attached hydrogens (tertiary/aromatic N) is 3. The normalized spacial score (nSPS) is 15.0. The summed E-state index contributed by atoms with van der Waals surface area (Å²) in [5, 5.41) is 0. The van der Waals surface area contributed by atoms with Gasteiger partial charge in [0.25, 0.3) is 0 Å². The lowest BCUT2D eigenvalue weighted by Gasteiger charge is -2.31. The van der Waals surface area contributed by atoms with E-state index in [9.17, 15) is 14.0 Å². The second-order valence-electron chi connectivity index (χ2n) is 9.48. The molecular formula is C29H30FN3O2. The van der Waals surface area contributed by atoms with Crippen LogP contribution in [-0.2, 0) is 13.1 Å². The molecule has 0 aliphatic carbocycles. The maximum absolute atomic E-state index is 13.4. The van der Waals surface area contributed by atoms with Crippen LogP contribution in [-0.4, -0.2) is 39.5 Å². The Morgan fingerprint density at radius 1 is 0.857 bits per heavy atom. The predicted molar refractivity (Wildman–Crippen MR) is 136 cm³/mol. The van der Waals surface area contributed by atoms with Crippen molar-refractivity contribution in [3.05, 3.63) is 106 Å². The van der Waals surface area contributed by atoms with E-state index in [1.807, 2.05) is 33.4 Å². The zero-order valence-corrected chi connectivity index (χ0v) is 20.0. The number of aromatic nitrogens is 2. The van der Waals surface area contributed by atoms with E-state index >= 15 is 0 Å². The Morgan fingerprint density at radius 3 is 2.14 bits per heavy atom. The first-order valence-corrected chi connectivity index (χ1v) is 12.3. The van der Waals surface area contributed by atoms with Crippen LogP contribution in [0.15, 0.2) is 77.6 Å². The van der Waals surface area contributed by atoms with E-state index in [0.717, 1.165) is 49.1 Å². The molecule has 5 rings (SSSR count). The van der Waals surface area contributed by atoms with Gasteiger partial charge in [-0.25, -0.2) is 9.18 Å². The molecule has 0 amide bonds. The number of fused-ring (bicyclic) bond motifs is 1. The Labute approximate surface area is 204 Å². The maximum Gasteiger partial charge on any atom is 0.329 e. The van der Waals surface area contributed by atoms with Crippen LogP contribution in [0, 0.1) is 18.7 Å². The maximum atomic E-state index is 13.4. The number of carbonyl (C=O) groups excluding carboxylic acids is 1. The highest BCUT2D eigenvalue weighted by Gasteiger charge is 2.26. The monoisotopic (exact) mass is 471 g/mol. The van der Waals surface area contributed by atoms with Gasteiger partial charge in [0.05, 0.1) is 17.6 Å². The largest absolute Gasteiger partial charge is 0.329 e. The first-order chi connectivity index (χ1) is 17.0. The average molecular weight is 472 g/mol. The van der Waals surface area contributed by atoms with Crippen molar-refractivity contribution in [1.82, 2.24) is 14.0 Å². The van der Waals surface area contributed by atoms with Gasteiger partial charge in [-0.3, -0.25) is 13.9 Å². The zero-order chi connectivity index (χ0) is 24.4. The average Bonchev–Trinajstić information content (AvgIpc) is 3.15. The highest BCUT2D eigenvalue weighted by Crippen LogP contribution is 2.22. The zero-order valence-electron chi connectivity index (χ0n) is 20.0. The van der Waals surface area contributed by atoms with Crippen LogP contribution in [0.25, 0.3) is 11.0 Å². The molecule has 0 spiro atoms. The Morgan fingerprint density at radius 2 is 1.49 bits per heavy atom. The molecular weight excluding hydrogens is 441 g/mol. The standard InChI is InChI=1S/C29H30FN3O2/c1-21-6-8-22(9-7-21)20-33-27-5-3-2-4-26(27)32(29(33)35)19-18-31-16-14-24(15-17-31)28(34)23-10-12-25(30)13-11-23/h2-13,24H,14-20H2,1H3. The van der Waals surface area contributed by atoms with Crippen LogP contribution in [0.3, 0.4) is 0 Å². The topological polar surface area (TPSA) is 47.2 Å². The molecule has 180 valence electrons. The van der Waals surface area contributed by atoms with Crippen molar-refractivity contribution in [2.45, 2.75) is 32.9 Å². The van der Waals surface area contributed by atoms with Gasteiger partial charge in [-0.1, -0.05) is 42.0 Å². The molecule has 1 fully saturated rings. The molecule has 6 heteroatoms. The van der Waals surface area contributed by atoms with Gasteiger partial charge in [0.15, 0.2) is 5.78 Å². The smallest absolute Gasteiger partial charge is 0.302 e. The van der Waals surface area contributed by atoms with Gasteiger partial charge in [-0.2, -0.15) is 0 Å². The van der Waals surface area contributed by atoms with Crippen molar-refractivity contribution in [2.24, 2.45) is 5.92 Å². The van der Waals surface area contributed by atoms with Crippen LogP contribution in [0.1, 0.15) is 34.3 Å². The summed E-state index contributed by atoms with van der Waals surface area (Å²) in [4.78, 5) is 28.5. The quantitative estimate of drug-likeness (QED) is 0.361. The molecule has 2 heterocycles. The third kappa shape index (κ3) is 4.98. The highest BCUT2D eigenvalue weighted by atomic mass is 19.1. The van der Waals surface area contributed by atoms with Crippen molar-refractivity contribution in [2.75, 3.05) is 19.6 Å². The van der Waals surface area contributed by atoms with Crippen molar-refractivity contribution in [1.29, 1.82) is 0 Å². The van der Waals surface area contributed by atoms with E-state index in [1.54, 1.807) is 12.1 Å². The second kappa shape index (κ2) is 10.0. The van der Waals surface area contributed by atoms with Crippen LogP contribution >= 0.6 is 0 Å². The predicted octanol–water partition coefficient (Wildman–Crippen LogP) is 4.89. The van der Waals surface area contributed by atoms with E-state index in [0.29, 0.717) is 18.7 Å². The van der Waals surface area contributed by atoms with Crippen molar-refractivity contribution >= 4 is 16.8 Å². The van der Waals surface area contributed by atoms with E-state index < -0.39 is 0 Å². The Bertz CT molecular complexity index is 1380. The molecule has 0 unspecified atom stereocenters. The van der Waals surface area contributed by atoms with Crippen LogP contribution < -0.4 is 5.69 Å². The number of Topliss-reactive ketones (excluding diaryl/α,β-unsaturated/α-hetero) is 1. The Balaban J connectivity index is 1.25. The van der Waals surface area contributed by atoms with Gasteiger partial charge < -0.3 is 4.90 Å². The number of imidazole rings is 1. The number of benzene rings is 3. The van der Waals surface area contributed by atoms with Crippen molar-refractivity contribution in [3.8, 4) is 0 Å². The van der Waals surface area contributed by atoms with E-state index in [2.05, 4.69) is 36.1 Å². The molecule has 0 bridgehead atoms. The number of carbonyl (C=O) groups is 1. The lowest BCUT2D eigenvalue weighted by atomic mass is 9.89. The molecule has 0 N–H and O–H groups in total. The van der Waals surface area contributed by atoms with Gasteiger partial charge in [0, 0.05) is 24.6 Å². The number of para-hydroxylation sites is 2. The lowest BCUT2D eigenvalue weighted by molar-refractivity contribution is 0.0837. The summed E-state index contributed by atoms with van der Waals surface area (Å²) < 4.78 is 16.9. The Hall–Kier alpha value is -3.51. The van der Waals surface area contributed by atoms with Gasteiger partial charge in [0.2, 0.25) is 0 Å². The van der Waals surface area contributed by atoms with Crippen LogP contribution in [0.2, 0.25) is 0 Å². The SMILES string of the molecule is Cc1ccc(Cn2c(=O)n(CCN3CCC(C(=O)c4ccc(F)cc4)CC3)c3ccccc32)cc1. The summed E-state index contributed by atoms with van der Waals surface area (Å²) in [6.45, 7) is 5.60. The number of halogens is 1. The van der Waals surface area contributed by atoms with Gasteiger partial charge in [-0.05, 0) is 74.8 Å². The third-order valence-corrected chi connectivity index (χ3v) is 7.11. The summed E-state index contributed by atoms with van der Waals surface area (Å²) in [5.74, 6) is -0.261. The summed E-state index contributed by atoms with van der Waals surface area (Å²) in [6.07, 6.45) is 1.56. The minimum absolute atomic E-state index is 0.00754. The molecule has 35 heavy (non-hydrogen) atoms. The van der Waals surface area contributed by atoms with Crippen LogP contribution in [0.5, 0.6) is 0 Å². The number of likely N-dealkylation sites (tertiary alicyclic amines) is 1. The molecule has 1 aromatic heterocycles. The fraction of sp³-hybridized carbons (Fsp3) is 0.310. The van der Waals surface area contributed by atoms with E-state index in [4.69, 9.17) is 0 Å². The second-order valence-corrected chi connectivity index (χ2v) is 9.48. The molecule has 1 saturated heterocycles. The number of ketones is 1. The molecule has 0 saturated carbocycles. The fourth-order valence-electron chi connectivity index (χ4n) is 5.03. The molecule has 5 nitrogen and oxygen atoms in total. The summed E-state index contributed by atoms with van der Waals surface area (Å²) >= 11 is 0. The van der Waals surface area contributed by atoms with Crippen LogP contribution in [0.4, 0.5) is 4.39 Å². The van der Waals surface area contributed by atoms with Gasteiger partial charge >= 0.3 is 5.69 Å². The first kappa shape index (κ1) is 23.2.